The van der Waals surface area contributed by atoms with Crippen LogP contribution >= 0.6 is 0 Å². The number of hydrogen-bond donors (Lipinski definition) is 2. The molecule has 0 aliphatic heterocycles. The van der Waals surface area contributed by atoms with Crippen molar-refractivity contribution in [1.82, 2.24) is 0 Å². The molecule has 0 bridgehead atoms. The molecular formula is C27H36O3. The molecular weight excluding hydrogens is 372 g/mol. The molecule has 2 N–H and O–H groups in total. The zero-order valence-electron chi connectivity index (χ0n) is 18.7. The van der Waals surface area contributed by atoms with Crippen molar-refractivity contribution in [2.45, 2.75) is 78.2 Å². The topological polar surface area (TPSA) is 57.5 Å². The number of allylic oxidation sites excluding steroid dienone is 1. The van der Waals surface area contributed by atoms with Crippen LogP contribution in [0.2, 0.25) is 0 Å². The van der Waals surface area contributed by atoms with Gasteiger partial charge in [-0.15, -0.1) is 0 Å². The van der Waals surface area contributed by atoms with Crippen LogP contribution in [0, 0.1) is 48.9 Å². The number of carbonyl (C=O) groups is 1. The Morgan fingerprint density at radius 1 is 1.07 bits per heavy atom. The van der Waals surface area contributed by atoms with Crippen molar-refractivity contribution in [3.63, 3.8) is 0 Å². The van der Waals surface area contributed by atoms with Gasteiger partial charge in [-0.1, -0.05) is 12.5 Å². The maximum absolute atomic E-state index is 13.0. The van der Waals surface area contributed by atoms with Gasteiger partial charge < -0.3 is 10.2 Å². The van der Waals surface area contributed by atoms with E-state index in [2.05, 4.69) is 6.92 Å². The van der Waals surface area contributed by atoms with E-state index >= 15 is 0 Å². The van der Waals surface area contributed by atoms with Gasteiger partial charge in [-0.2, -0.15) is 0 Å². The van der Waals surface area contributed by atoms with Crippen LogP contribution in [-0.4, -0.2) is 22.1 Å². The highest BCUT2D eigenvalue weighted by atomic mass is 16.3. The molecule has 30 heavy (non-hydrogen) atoms. The average Bonchev–Trinajstić information content (AvgIpc) is 2.99. The van der Waals surface area contributed by atoms with Crippen molar-refractivity contribution >= 4 is 5.78 Å². The van der Waals surface area contributed by atoms with Gasteiger partial charge in [0.15, 0.2) is 5.78 Å². The third-order valence-electron chi connectivity index (χ3n) is 9.60. The number of aliphatic hydroxyl groups is 1. The van der Waals surface area contributed by atoms with Crippen molar-refractivity contribution in [3.8, 4) is 5.75 Å². The fourth-order valence-corrected chi connectivity index (χ4v) is 7.95. The molecule has 3 nitrogen and oxygen atoms in total. The molecule has 3 saturated carbocycles. The van der Waals surface area contributed by atoms with Crippen molar-refractivity contribution in [1.29, 1.82) is 0 Å². The van der Waals surface area contributed by atoms with Gasteiger partial charge in [-0.25, -0.2) is 0 Å². The molecule has 7 atom stereocenters. The molecule has 1 aromatic carbocycles. The minimum absolute atomic E-state index is 0.0573. The van der Waals surface area contributed by atoms with Crippen LogP contribution in [0.15, 0.2) is 23.8 Å². The van der Waals surface area contributed by atoms with E-state index in [1.54, 1.807) is 0 Å². The van der Waals surface area contributed by atoms with Crippen LogP contribution in [-0.2, 0) is 11.2 Å². The number of carbonyl (C=O) groups excluding carboxylic acids is 1. The predicted octanol–water partition coefficient (Wildman–Crippen LogP) is 5.28. The summed E-state index contributed by atoms with van der Waals surface area (Å²) < 4.78 is 0. The van der Waals surface area contributed by atoms with Gasteiger partial charge in [0, 0.05) is 5.92 Å². The molecule has 0 radical (unpaired) electrons. The van der Waals surface area contributed by atoms with E-state index < -0.39 is 0 Å². The molecule has 0 amide bonds. The lowest BCUT2D eigenvalue weighted by molar-refractivity contribution is -0.120. The lowest BCUT2D eigenvalue weighted by atomic mass is 9.51. The lowest BCUT2D eigenvalue weighted by Crippen LogP contribution is -2.48. The quantitative estimate of drug-likeness (QED) is 0.700. The molecule has 1 aromatic rings. The Labute approximate surface area is 180 Å². The van der Waals surface area contributed by atoms with E-state index in [4.69, 9.17) is 0 Å². The highest BCUT2D eigenvalue weighted by Gasteiger charge is 2.56. The second-order valence-corrected chi connectivity index (χ2v) is 11.0. The Morgan fingerprint density at radius 2 is 1.80 bits per heavy atom. The summed E-state index contributed by atoms with van der Waals surface area (Å²) in [5, 5.41) is 20.5. The van der Waals surface area contributed by atoms with Gasteiger partial charge in [0.2, 0.25) is 0 Å². The zero-order valence-corrected chi connectivity index (χ0v) is 18.7. The van der Waals surface area contributed by atoms with Gasteiger partial charge in [-0.05, 0) is 129 Å². The number of benzene rings is 1. The molecule has 1 unspecified atom stereocenters. The molecule has 5 rings (SSSR count). The maximum Gasteiger partial charge on any atom is 0.159 e. The molecule has 4 aliphatic carbocycles. The standard InChI is InChI=1S/C27H36O3/c1-15-10-19(28)11-16(2)22(15)12-18-13-23-17(14-25(18)29)4-5-21-20(23)8-9-27(3)24(21)6-7-26(27)30/h10-11,14,18,20-21,23-24,26,28,30H,4-9,12-13H2,1-3H3/t18?,20-,21+,23-,24-,26+,27-/m0/s1. The summed E-state index contributed by atoms with van der Waals surface area (Å²) in [5.74, 6) is 3.28. The number of phenolic OH excluding ortho intramolecular Hbond substituents is 1. The first kappa shape index (κ1) is 20.3. The number of aryl methyl sites for hydroxylation is 2. The molecule has 0 aromatic heterocycles. The number of rotatable bonds is 2. The van der Waals surface area contributed by atoms with Gasteiger partial charge in [-0.3, -0.25) is 4.79 Å². The molecule has 3 heteroatoms. The molecule has 0 saturated heterocycles. The SMILES string of the molecule is Cc1cc(O)cc(C)c1CC1C[C@H]2C(=CC1=O)CC[C@@H]1[C@@H]2CC[C@]2(C)[C@H](O)CC[C@@H]12. The van der Waals surface area contributed by atoms with E-state index in [-0.39, 0.29) is 17.4 Å². The third kappa shape index (κ3) is 3.07. The highest BCUT2D eigenvalue weighted by molar-refractivity contribution is 5.93. The fourth-order valence-electron chi connectivity index (χ4n) is 7.95. The largest absolute Gasteiger partial charge is 0.508 e. The smallest absolute Gasteiger partial charge is 0.159 e. The molecule has 0 spiro atoms. The van der Waals surface area contributed by atoms with E-state index in [0.29, 0.717) is 35.2 Å². The Balaban J connectivity index is 1.40. The Hall–Kier alpha value is -1.61. The van der Waals surface area contributed by atoms with Crippen molar-refractivity contribution in [2.75, 3.05) is 0 Å². The van der Waals surface area contributed by atoms with Crippen LogP contribution in [0.5, 0.6) is 5.75 Å². The number of fused-ring (bicyclic) bond motifs is 5. The minimum atomic E-state index is -0.124. The number of phenols is 1. The second kappa shape index (κ2) is 7.22. The first-order valence-electron chi connectivity index (χ1n) is 12.0. The van der Waals surface area contributed by atoms with Gasteiger partial charge in [0.05, 0.1) is 6.10 Å². The van der Waals surface area contributed by atoms with E-state index in [0.717, 1.165) is 43.2 Å². The summed E-state index contributed by atoms with van der Waals surface area (Å²) in [6.07, 6.45) is 10.4. The average molecular weight is 409 g/mol. The van der Waals surface area contributed by atoms with Crippen LogP contribution in [0.3, 0.4) is 0 Å². The van der Waals surface area contributed by atoms with Crippen molar-refractivity contribution in [2.24, 2.45) is 35.0 Å². The summed E-state index contributed by atoms with van der Waals surface area (Å²) in [7, 11) is 0. The molecule has 0 heterocycles. The monoisotopic (exact) mass is 408 g/mol. The third-order valence-corrected chi connectivity index (χ3v) is 9.60. The fraction of sp³-hybridized carbons (Fsp3) is 0.667. The summed E-state index contributed by atoms with van der Waals surface area (Å²) in [6.45, 7) is 6.42. The first-order valence-corrected chi connectivity index (χ1v) is 12.0. The van der Waals surface area contributed by atoms with Crippen molar-refractivity contribution < 1.29 is 15.0 Å². The predicted molar refractivity (Wildman–Crippen MR) is 118 cm³/mol. The van der Waals surface area contributed by atoms with Crippen LogP contribution in [0.1, 0.15) is 68.6 Å². The first-order chi connectivity index (χ1) is 14.3. The van der Waals surface area contributed by atoms with Crippen LogP contribution < -0.4 is 0 Å². The summed E-state index contributed by atoms with van der Waals surface area (Å²) in [4.78, 5) is 13.0. The van der Waals surface area contributed by atoms with Crippen LogP contribution in [0.4, 0.5) is 0 Å². The zero-order chi connectivity index (χ0) is 21.2. The number of hydrogen-bond acceptors (Lipinski definition) is 3. The van der Waals surface area contributed by atoms with Gasteiger partial charge in [0.1, 0.15) is 5.75 Å². The summed E-state index contributed by atoms with van der Waals surface area (Å²) >= 11 is 0. The summed E-state index contributed by atoms with van der Waals surface area (Å²) in [5.41, 5.74) is 4.94. The van der Waals surface area contributed by atoms with E-state index in [9.17, 15) is 15.0 Å². The Bertz CT molecular complexity index is 876. The normalized spacial score (nSPS) is 40.4. The lowest BCUT2D eigenvalue weighted by Gasteiger charge is -2.53. The Morgan fingerprint density at radius 3 is 2.53 bits per heavy atom. The van der Waals surface area contributed by atoms with E-state index in [1.807, 2.05) is 32.1 Å². The maximum atomic E-state index is 13.0. The van der Waals surface area contributed by atoms with Gasteiger partial charge in [0.25, 0.3) is 0 Å². The van der Waals surface area contributed by atoms with Gasteiger partial charge >= 0.3 is 0 Å². The molecule has 162 valence electrons. The van der Waals surface area contributed by atoms with Crippen LogP contribution in [0.25, 0.3) is 0 Å². The van der Waals surface area contributed by atoms with E-state index in [1.165, 1.54) is 30.4 Å². The van der Waals surface area contributed by atoms with Crippen molar-refractivity contribution in [3.05, 3.63) is 40.5 Å². The molecule has 4 aliphatic rings. The second-order valence-electron chi connectivity index (χ2n) is 11.0. The minimum Gasteiger partial charge on any atom is -0.508 e. The number of aromatic hydroxyl groups is 1. The summed E-state index contributed by atoms with van der Waals surface area (Å²) in [6, 6.07) is 3.64. The number of aliphatic hydroxyl groups excluding tert-OH is 1. The molecule has 3 fully saturated rings. The number of ketones is 1. The Kier molecular flexibility index (Phi) is 4.89. The highest BCUT2D eigenvalue weighted by Crippen LogP contribution is 2.62.